The number of benzene rings is 1. The van der Waals surface area contributed by atoms with Crippen molar-refractivity contribution in [1.82, 2.24) is 4.90 Å². The summed E-state index contributed by atoms with van der Waals surface area (Å²) in [6.07, 6.45) is 1.06. The van der Waals surface area contributed by atoms with Gasteiger partial charge in [-0.25, -0.2) is 0 Å². The zero-order valence-corrected chi connectivity index (χ0v) is 11.2. The van der Waals surface area contributed by atoms with Gasteiger partial charge in [-0.15, -0.1) is 0 Å². The van der Waals surface area contributed by atoms with Gasteiger partial charge in [0, 0.05) is 18.7 Å². The highest BCUT2D eigenvalue weighted by Crippen LogP contribution is 2.23. The summed E-state index contributed by atoms with van der Waals surface area (Å²) in [5.41, 5.74) is 6.72. The van der Waals surface area contributed by atoms with E-state index in [0.29, 0.717) is 12.6 Å². The van der Waals surface area contributed by atoms with E-state index in [1.807, 2.05) is 6.07 Å². The molecule has 0 unspecified atom stereocenters. The standard InChI is InChI=1S/C13H21N3O2/c1-4-7-15(10(2)3)9-11-5-6-12(14)13(8-11)16(17)18/h5-6,8,10H,4,7,9,14H2,1-3H3. The molecule has 0 heterocycles. The van der Waals surface area contributed by atoms with Crippen molar-refractivity contribution in [2.75, 3.05) is 12.3 Å². The molecule has 0 aliphatic rings. The second kappa shape index (κ2) is 6.35. The molecule has 1 aromatic rings. The van der Waals surface area contributed by atoms with Gasteiger partial charge >= 0.3 is 0 Å². The predicted molar refractivity (Wildman–Crippen MR) is 73.3 cm³/mol. The Labute approximate surface area is 108 Å². The van der Waals surface area contributed by atoms with Crippen LogP contribution in [0.1, 0.15) is 32.8 Å². The SMILES string of the molecule is CCCN(Cc1ccc(N)c([N+](=O)[O-])c1)C(C)C. The second-order valence-electron chi connectivity index (χ2n) is 4.71. The predicted octanol–water partition coefficient (Wildman–Crippen LogP) is 2.80. The Morgan fingerprint density at radius 2 is 2.11 bits per heavy atom. The number of nitrogens with zero attached hydrogens (tertiary/aromatic N) is 2. The molecule has 1 aromatic carbocycles. The van der Waals surface area contributed by atoms with E-state index < -0.39 is 4.92 Å². The number of nitrogen functional groups attached to an aromatic ring is 1. The van der Waals surface area contributed by atoms with Gasteiger partial charge in [0.25, 0.3) is 5.69 Å². The first kappa shape index (κ1) is 14.4. The van der Waals surface area contributed by atoms with Gasteiger partial charge in [0.05, 0.1) is 4.92 Å². The number of rotatable bonds is 6. The smallest absolute Gasteiger partial charge is 0.292 e. The number of anilines is 1. The van der Waals surface area contributed by atoms with E-state index in [4.69, 9.17) is 5.73 Å². The summed E-state index contributed by atoms with van der Waals surface area (Å²) in [7, 11) is 0. The summed E-state index contributed by atoms with van der Waals surface area (Å²) in [6, 6.07) is 5.45. The quantitative estimate of drug-likeness (QED) is 0.479. The van der Waals surface area contributed by atoms with E-state index in [2.05, 4.69) is 25.7 Å². The van der Waals surface area contributed by atoms with Gasteiger partial charge in [-0.2, -0.15) is 0 Å². The van der Waals surface area contributed by atoms with E-state index in [9.17, 15) is 10.1 Å². The zero-order valence-electron chi connectivity index (χ0n) is 11.2. The molecule has 0 spiro atoms. The van der Waals surface area contributed by atoms with E-state index in [1.54, 1.807) is 12.1 Å². The summed E-state index contributed by atoms with van der Waals surface area (Å²) in [6.45, 7) is 8.08. The lowest BCUT2D eigenvalue weighted by Gasteiger charge is -2.25. The van der Waals surface area contributed by atoms with Crippen LogP contribution >= 0.6 is 0 Å². The molecule has 5 nitrogen and oxygen atoms in total. The molecule has 0 fully saturated rings. The van der Waals surface area contributed by atoms with Crippen molar-refractivity contribution in [3.05, 3.63) is 33.9 Å². The monoisotopic (exact) mass is 251 g/mol. The topological polar surface area (TPSA) is 72.4 Å². The summed E-state index contributed by atoms with van der Waals surface area (Å²) in [4.78, 5) is 12.7. The molecular formula is C13H21N3O2. The molecule has 5 heteroatoms. The van der Waals surface area contributed by atoms with Crippen LogP contribution in [0, 0.1) is 10.1 Å². The Kier molecular flexibility index (Phi) is 5.09. The average Bonchev–Trinajstić information content (AvgIpc) is 2.30. The molecule has 0 saturated carbocycles. The first-order chi connectivity index (χ1) is 8.45. The summed E-state index contributed by atoms with van der Waals surface area (Å²) in [5, 5.41) is 10.8. The van der Waals surface area contributed by atoms with Crippen LogP contribution < -0.4 is 5.73 Å². The van der Waals surface area contributed by atoms with Crippen molar-refractivity contribution < 1.29 is 4.92 Å². The van der Waals surface area contributed by atoms with E-state index in [0.717, 1.165) is 18.5 Å². The lowest BCUT2D eigenvalue weighted by molar-refractivity contribution is -0.384. The Hall–Kier alpha value is -1.62. The van der Waals surface area contributed by atoms with Crippen molar-refractivity contribution in [2.45, 2.75) is 39.8 Å². The number of nitro groups is 1. The van der Waals surface area contributed by atoms with Gasteiger partial charge < -0.3 is 5.73 Å². The lowest BCUT2D eigenvalue weighted by Crippen LogP contribution is -2.31. The Morgan fingerprint density at radius 1 is 1.44 bits per heavy atom. The molecule has 0 aliphatic carbocycles. The number of hydrogen-bond acceptors (Lipinski definition) is 4. The fraction of sp³-hybridized carbons (Fsp3) is 0.538. The summed E-state index contributed by atoms with van der Waals surface area (Å²) >= 11 is 0. The van der Waals surface area contributed by atoms with Crippen LogP contribution in [0.5, 0.6) is 0 Å². The first-order valence-corrected chi connectivity index (χ1v) is 6.22. The third kappa shape index (κ3) is 3.70. The van der Waals surface area contributed by atoms with Gasteiger partial charge in [-0.3, -0.25) is 15.0 Å². The molecule has 0 aromatic heterocycles. The molecule has 0 aliphatic heterocycles. The molecule has 1 rings (SSSR count). The molecule has 0 bridgehead atoms. The highest BCUT2D eigenvalue weighted by atomic mass is 16.6. The Bertz CT molecular complexity index is 419. The molecule has 0 radical (unpaired) electrons. The molecule has 0 saturated heterocycles. The van der Waals surface area contributed by atoms with Crippen molar-refractivity contribution in [3.63, 3.8) is 0 Å². The van der Waals surface area contributed by atoms with Crippen LogP contribution in [0.2, 0.25) is 0 Å². The largest absolute Gasteiger partial charge is 0.393 e. The molecule has 100 valence electrons. The van der Waals surface area contributed by atoms with Crippen molar-refractivity contribution >= 4 is 11.4 Å². The van der Waals surface area contributed by atoms with Gasteiger partial charge in [0.15, 0.2) is 0 Å². The third-order valence-corrected chi connectivity index (χ3v) is 2.92. The van der Waals surface area contributed by atoms with Gasteiger partial charge in [-0.05, 0) is 38.4 Å². The van der Waals surface area contributed by atoms with Gasteiger partial charge in [0.2, 0.25) is 0 Å². The van der Waals surface area contributed by atoms with Gasteiger partial charge in [-0.1, -0.05) is 13.0 Å². The lowest BCUT2D eigenvalue weighted by atomic mass is 10.1. The maximum absolute atomic E-state index is 10.8. The average molecular weight is 251 g/mol. The highest BCUT2D eigenvalue weighted by Gasteiger charge is 2.14. The van der Waals surface area contributed by atoms with E-state index in [-0.39, 0.29) is 11.4 Å². The Balaban J connectivity index is 2.89. The number of nitro benzene ring substituents is 1. The summed E-state index contributed by atoms with van der Waals surface area (Å²) in [5.74, 6) is 0. The molecule has 0 amide bonds. The van der Waals surface area contributed by atoms with E-state index >= 15 is 0 Å². The Morgan fingerprint density at radius 3 is 2.61 bits per heavy atom. The minimum atomic E-state index is -0.432. The van der Waals surface area contributed by atoms with Crippen LogP contribution in [0.3, 0.4) is 0 Å². The van der Waals surface area contributed by atoms with Crippen LogP contribution in [0.25, 0.3) is 0 Å². The fourth-order valence-corrected chi connectivity index (χ4v) is 1.89. The minimum Gasteiger partial charge on any atom is -0.393 e. The molecule has 2 N–H and O–H groups in total. The first-order valence-electron chi connectivity index (χ1n) is 6.22. The van der Waals surface area contributed by atoms with Crippen LogP contribution in [0.4, 0.5) is 11.4 Å². The van der Waals surface area contributed by atoms with Gasteiger partial charge in [0.1, 0.15) is 5.69 Å². The van der Waals surface area contributed by atoms with Crippen LogP contribution in [-0.2, 0) is 6.54 Å². The van der Waals surface area contributed by atoms with Crippen LogP contribution in [-0.4, -0.2) is 22.4 Å². The second-order valence-corrected chi connectivity index (χ2v) is 4.71. The minimum absolute atomic E-state index is 0.00676. The third-order valence-electron chi connectivity index (χ3n) is 2.92. The molecule has 18 heavy (non-hydrogen) atoms. The molecule has 0 atom stereocenters. The highest BCUT2D eigenvalue weighted by molar-refractivity contribution is 5.59. The number of nitrogens with two attached hydrogens (primary N) is 1. The van der Waals surface area contributed by atoms with Crippen molar-refractivity contribution in [2.24, 2.45) is 0 Å². The van der Waals surface area contributed by atoms with E-state index in [1.165, 1.54) is 0 Å². The fourth-order valence-electron chi connectivity index (χ4n) is 1.89. The maximum Gasteiger partial charge on any atom is 0.292 e. The van der Waals surface area contributed by atoms with Crippen molar-refractivity contribution in [1.29, 1.82) is 0 Å². The van der Waals surface area contributed by atoms with Crippen LogP contribution in [0.15, 0.2) is 18.2 Å². The summed E-state index contributed by atoms with van der Waals surface area (Å²) < 4.78 is 0. The normalized spacial score (nSPS) is 11.2. The zero-order chi connectivity index (χ0) is 13.7. The molecular weight excluding hydrogens is 230 g/mol. The number of hydrogen-bond donors (Lipinski definition) is 1. The van der Waals surface area contributed by atoms with Crippen molar-refractivity contribution in [3.8, 4) is 0 Å². The maximum atomic E-state index is 10.8.